The maximum atomic E-state index is 11.8. The molecule has 2 atom stereocenters. The molecule has 0 aliphatic carbocycles. The number of hydrogen-bond acceptors (Lipinski definition) is 3. The van der Waals surface area contributed by atoms with E-state index in [1.54, 1.807) is 11.3 Å². The first kappa shape index (κ1) is 15.5. The van der Waals surface area contributed by atoms with E-state index in [-0.39, 0.29) is 6.04 Å². The number of carbonyl (C=O) groups excluding carboxylic acids is 1. The molecule has 0 aliphatic heterocycles. The van der Waals surface area contributed by atoms with Gasteiger partial charge in [0.25, 0.3) is 0 Å². The molecule has 1 unspecified atom stereocenters. The molecule has 0 bridgehead atoms. The highest BCUT2D eigenvalue weighted by molar-refractivity contribution is 7.10. The quantitative estimate of drug-likeness (QED) is 0.720. The summed E-state index contributed by atoms with van der Waals surface area (Å²) in [4.78, 5) is 23.9. The summed E-state index contributed by atoms with van der Waals surface area (Å²) in [7, 11) is 0. The Labute approximate surface area is 117 Å². The zero-order valence-corrected chi connectivity index (χ0v) is 12.0. The molecular weight excluding hydrogens is 264 g/mol. The second-order valence-electron chi connectivity index (χ2n) is 4.27. The minimum absolute atomic E-state index is 0.0731. The zero-order valence-electron chi connectivity index (χ0n) is 11.2. The van der Waals surface area contributed by atoms with Gasteiger partial charge in [-0.05, 0) is 24.3 Å². The normalized spacial score (nSPS) is 13.6. The third-order valence-electron chi connectivity index (χ3n) is 2.78. The van der Waals surface area contributed by atoms with Gasteiger partial charge in [-0.3, -0.25) is 0 Å². The van der Waals surface area contributed by atoms with Gasteiger partial charge >= 0.3 is 12.0 Å². The molecule has 1 rings (SSSR count). The lowest BCUT2D eigenvalue weighted by Crippen LogP contribution is -2.46. The van der Waals surface area contributed by atoms with Crippen molar-refractivity contribution in [3.05, 3.63) is 22.4 Å². The molecule has 1 aromatic rings. The third-order valence-corrected chi connectivity index (χ3v) is 3.77. The fourth-order valence-corrected chi connectivity index (χ4v) is 2.63. The Bertz CT molecular complexity index is 406. The number of rotatable bonds is 7. The summed E-state index contributed by atoms with van der Waals surface area (Å²) in [6, 6.07) is 2.56. The van der Waals surface area contributed by atoms with Crippen molar-refractivity contribution >= 4 is 23.3 Å². The predicted octanol–water partition coefficient (Wildman–Crippen LogP) is 2.75. The molecule has 0 aliphatic rings. The van der Waals surface area contributed by atoms with Gasteiger partial charge < -0.3 is 15.7 Å². The maximum Gasteiger partial charge on any atom is 0.326 e. The van der Waals surface area contributed by atoms with E-state index in [0.29, 0.717) is 12.8 Å². The van der Waals surface area contributed by atoms with Crippen LogP contribution >= 0.6 is 11.3 Å². The summed E-state index contributed by atoms with van der Waals surface area (Å²) >= 11 is 1.57. The molecule has 0 saturated carbocycles. The minimum Gasteiger partial charge on any atom is -0.480 e. The van der Waals surface area contributed by atoms with Crippen LogP contribution in [0.2, 0.25) is 0 Å². The first-order valence-electron chi connectivity index (χ1n) is 6.41. The van der Waals surface area contributed by atoms with Crippen LogP contribution < -0.4 is 10.6 Å². The lowest BCUT2D eigenvalue weighted by Gasteiger charge is -2.19. The molecule has 6 heteroatoms. The van der Waals surface area contributed by atoms with Crippen molar-refractivity contribution in [2.45, 2.75) is 45.2 Å². The molecule has 5 nitrogen and oxygen atoms in total. The second-order valence-corrected chi connectivity index (χ2v) is 5.25. The topological polar surface area (TPSA) is 78.4 Å². The van der Waals surface area contributed by atoms with Gasteiger partial charge in [0.15, 0.2) is 0 Å². The van der Waals surface area contributed by atoms with E-state index in [0.717, 1.165) is 11.3 Å². The fraction of sp³-hybridized carbons (Fsp3) is 0.538. The Morgan fingerprint density at radius 1 is 1.37 bits per heavy atom. The monoisotopic (exact) mass is 284 g/mol. The largest absolute Gasteiger partial charge is 0.480 e. The van der Waals surface area contributed by atoms with Gasteiger partial charge in [-0.2, -0.15) is 0 Å². The van der Waals surface area contributed by atoms with Crippen LogP contribution in [0.15, 0.2) is 17.5 Å². The summed E-state index contributed by atoms with van der Waals surface area (Å²) < 4.78 is 0. The van der Waals surface area contributed by atoms with E-state index >= 15 is 0 Å². The Hall–Kier alpha value is -1.56. The van der Waals surface area contributed by atoms with Crippen LogP contribution in [-0.4, -0.2) is 23.1 Å². The van der Waals surface area contributed by atoms with Gasteiger partial charge in [-0.25, -0.2) is 9.59 Å². The van der Waals surface area contributed by atoms with Crippen molar-refractivity contribution in [2.24, 2.45) is 0 Å². The molecule has 0 aromatic carbocycles. The molecule has 1 heterocycles. The molecule has 19 heavy (non-hydrogen) atoms. The molecular formula is C13H20N2O3S. The Balaban J connectivity index is 2.55. The van der Waals surface area contributed by atoms with Crippen molar-refractivity contribution in [1.29, 1.82) is 0 Å². The summed E-state index contributed by atoms with van der Waals surface area (Å²) in [5, 5.41) is 16.3. The summed E-state index contributed by atoms with van der Waals surface area (Å²) in [5.41, 5.74) is 0. The van der Waals surface area contributed by atoms with E-state index in [1.165, 1.54) is 0 Å². The SMILES string of the molecule is CCC[C@H](NC(=O)NC(CC)c1cccs1)C(=O)O. The van der Waals surface area contributed by atoms with Crippen LogP contribution in [0, 0.1) is 0 Å². The van der Waals surface area contributed by atoms with Crippen molar-refractivity contribution in [2.75, 3.05) is 0 Å². The number of nitrogens with one attached hydrogen (secondary N) is 2. The van der Waals surface area contributed by atoms with E-state index in [4.69, 9.17) is 5.11 Å². The molecule has 0 fully saturated rings. The van der Waals surface area contributed by atoms with Crippen molar-refractivity contribution in [3.8, 4) is 0 Å². The molecule has 0 radical (unpaired) electrons. The molecule has 0 saturated heterocycles. The molecule has 0 spiro atoms. The second kappa shape index (κ2) is 7.78. The Kier molecular flexibility index (Phi) is 6.35. The third kappa shape index (κ3) is 4.90. The predicted molar refractivity (Wildman–Crippen MR) is 75.4 cm³/mol. The molecule has 2 amide bonds. The van der Waals surface area contributed by atoms with Crippen LogP contribution in [0.4, 0.5) is 4.79 Å². The lowest BCUT2D eigenvalue weighted by atomic mass is 10.1. The lowest BCUT2D eigenvalue weighted by molar-refractivity contribution is -0.139. The average molecular weight is 284 g/mol. The zero-order chi connectivity index (χ0) is 14.3. The van der Waals surface area contributed by atoms with Gasteiger partial charge in [0.2, 0.25) is 0 Å². The van der Waals surface area contributed by atoms with E-state index < -0.39 is 18.0 Å². The Morgan fingerprint density at radius 3 is 2.58 bits per heavy atom. The van der Waals surface area contributed by atoms with Gasteiger partial charge in [0.1, 0.15) is 6.04 Å². The number of carbonyl (C=O) groups is 2. The highest BCUT2D eigenvalue weighted by atomic mass is 32.1. The van der Waals surface area contributed by atoms with Gasteiger partial charge in [-0.1, -0.05) is 26.3 Å². The van der Waals surface area contributed by atoms with Crippen LogP contribution in [-0.2, 0) is 4.79 Å². The van der Waals surface area contributed by atoms with Crippen molar-refractivity contribution in [3.63, 3.8) is 0 Å². The van der Waals surface area contributed by atoms with Crippen LogP contribution in [0.1, 0.15) is 44.0 Å². The van der Waals surface area contributed by atoms with Crippen LogP contribution in [0.3, 0.4) is 0 Å². The van der Waals surface area contributed by atoms with Gasteiger partial charge in [-0.15, -0.1) is 11.3 Å². The number of aliphatic carboxylic acids is 1. The minimum atomic E-state index is -0.999. The van der Waals surface area contributed by atoms with Crippen LogP contribution in [0.5, 0.6) is 0 Å². The average Bonchev–Trinajstić information content (AvgIpc) is 2.89. The van der Waals surface area contributed by atoms with Crippen molar-refractivity contribution < 1.29 is 14.7 Å². The summed E-state index contributed by atoms with van der Waals surface area (Å²) in [6.45, 7) is 3.86. The smallest absolute Gasteiger partial charge is 0.326 e. The van der Waals surface area contributed by atoms with Crippen molar-refractivity contribution in [1.82, 2.24) is 10.6 Å². The number of thiophene rings is 1. The van der Waals surface area contributed by atoms with E-state index in [1.807, 2.05) is 31.4 Å². The number of urea groups is 1. The van der Waals surface area contributed by atoms with Gasteiger partial charge in [0.05, 0.1) is 6.04 Å². The fourth-order valence-electron chi connectivity index (χ4n) is 1.77. The molecule has 106 valence electrons. The van der Waals surface area contributed by atoms with E-state index in [9.17, 15) is 9.59 Å². The highest BCUT2D eigenvalue weighted by Gasteiger charge is 2.20. The maximum absolute atomic E-state index is 11.8. The highest BCUT2D eigenvalue weighted by Crippen LogP contribution is 2.21. The van der Waals surface area contributed by atoms with Gasteiger partial charge in [0, 0.05) is 4.88 Å². The summed E-state index contributed by atoms with van der Waals surface area (Å²) in [6.07, 6.45) is 1.90. The standard InChI is InChI=1S/C13H20N2O3S/c1-3-6-10(12(16)17)15-13(18)14-9(4-2)11-7-5-8-19-11/h5,7-10H,3-4,6H2,1-2H3,(H,16,17)(H2,14,15,18)/t9?,10-/m0/s1. The molecule has 3 N–H and O–H groups in total. The first-order chi connectivity index (χ1) is 9.08. The number of carboxylic acids is 1. The van der Waals surface area contributed by atoms with E-state index in [2.05, 4.69) is 10.6 Å². The summed E-state index contributed by atoms with van der Waals surface area (Å²) in [5.74, 6) is -0.999. The first-order valence-corrected chi connectivity index (χ1v) is 7.29. The number of carboxylic acid groups (broad SMARTS) is 1. The Morgan fingerprint density at radius 2 is 2.11 bits per heavy atom. The van der Waals surface area contributed by atoms with Crippen LogP contribution in [0.25, 0.3) is 0 Å². The number of hydrogen-bond donors (Lipinski definition) is 3. The molecule has 1 aromatic heterocycles. The number of amides is 2.